The summed E-state index contributed by atoms with van der Waals surface area (Å²) < 4.78 is 0. The lowest BCUT2D eigenvalue weighted by Crippen LogP contribution is -2.34. The molecule has 7 heteroatoms. The topological polar surface area (TPSA) is 87.2 Å². The van der Waals surface area contributed by atoms with E-state index in [1.807, 2.05) is 6.07 Å². The molecule has 0 heterocycles. The molecule has 0 fully saturated rings. The number of nitriles is 1. The van der Waals surface area contributed by atoms with Crippen LogP contribution in [-0.2, 0) is 0 Å². The van der Waals surface area contributed by atoms with E-state index in [4.69, 9.17) is 16.9 Å². The smallest absolute Gasteiger partial charge is 0.271 e. The number of rotatable bonds is 3. The Bertz CT molecular complexity index is 539. The third-order valence-electron chi connectivity index (χ3n) is 2.43. The maximum atomic E-state index is 12.0. The second-order valence-corrected chi connectivity index (χ2v) is 4.11. The number of hydrogen-bond donors (Lipinski definition) is 0. The molecule has 0 aromatic heterocycles. The largest absolute Gasteiger partial charge is 0.326 e. The van der Waals surface area contributed by atoms with Gasteiger partial charge in [0, 0.05) is 29.8 Å². The summed E-state index contributed by atoms with van der Waals surface area (Å²) >= 11 is 5.72. The number of nitro groups is 1. The summed E-state index contributed by atoms with van der Waals surface area (Å²) in [6.07, 6.45) is 0. The van der Waals surface area contributed by atoms with Gasteiger partial charge in [-0.15, -0.1) is 0 Å². The lowest BCUT2D eigenvalue weighted by atomic mass is 10.1. The van der Waals surface area contributed by atoms with E-state index in [0.29, 0.717) is 0 Å². The number of carbonyl (C=O) groups excluding carboxylic acids is 1. The molecule has 0 aliphatic carbocycles. The lowest BCUT2D eigenvalue weighted by molar-refractivity contribution is -0.384. The van der Waals surface area contributed by atoms with E-state index >= 15 is 0 Å². The highest BCUT2D eigenvalue weighted by Gasteiger charge is 2.20. The second-order valence-electron chi connectivity index (χ2n) is 3.68. The Morgan fingerprint density at radius 2 is 2.17 bits per heavy atom. The summed E-state index contributed by atoms with van der Waals surface area (Å²) in [5, 5.41) is 19.5. The predicted octanol–water partition coefficient (Wildman–Crippen LogP) is 2.23. The molecular weight excluding hydrogens is 258 g/mol. The molecule has 1 atom stereocenters. The maximum absolute atomic E-state index is 12.0. The molecule has 0 N–H and O–H groups in total. The molecule has 1 aromatic carbocycles. The van der Waals surface area contributed by atoms with Crippen LogP contribution < -0.4 is 0 Å². The fourth-order valence-electron chi connectivity index (χ4n) is 1.27. The van der Waals surface area contributed by atoms with Crippen molar-refractivity contribution in [3.8, 4) is 6.07 Å². The summed E-state index contributed by atoms with van der Waals surface area (Å²) in [7, 11) is 1.45. The number of nitro benzene ring substituents is 1. The highest BCUT2D eigenvalue weighted by molar-refractivity contribution is 6.31. The van der Waals surface area contributed by atoms with Gasteiger partial charge < -0.3 is 4.90 Å². The van der Waals surface area contributed by atoms with Gasteiger partial charge in [-0.3, -0.25) is 14.9 Å². The van der Waals surface area contributed by atoms with Crippen molar-refractivity contribution in [3.63, 3.8) is 0 Å². The van der Waals surface area contributed by atoms with Crippen LogP contribution in [0.15, 0.2) is 18.2 Å². The molecule has 0 radical (unpaired) electrons. The minimum atomic E-state index is -0.629. The number of hydrogen-bond acceptors (Lipinski definition) is 4. The first-order chi connectivity index (χ1) is 8.36. The Hall–Kier alpha value is -2.13. The average Bonchev–Trinajstić information content (AvgIpc) is 2.35. The van der Waals surface area contributed by atoms with Crippen LogP contribution in [0.5, 0.6) is 0 Å². The first kappa shape index (κ1) is 13.9. The molecular formula is C11H10ClN3O3. The Morgan fingerprint density at radius 1 is 1.56 bits per heavy atom. The Kier molecular flexibility index (Phi) is 4.23. The SMILES string of the molecule is CC(C#N)N(C)C(=O)c1cc(Cl)cc([N+](=O)[O-])c1. The van der Waals surface area contributed by atoms with Crippen LogP contribution in [0.2, 0.25) is 5.02 Å². The van der Waals surface area contributed by atoms with Gasteiger partial charge in [-0.2, -0.15) is 5.26 Å². The van der Waals surface area contributed by atoms with Crippen molar-refractivity contribution in [3.05, 3.63) is 38.9 Å². The fraction of sp³-hybridized carbons (Fsp3) is 0.273. The van der Waals surface area contributed by atoms with Gasteiger partial charge in [-0.25, -0.2) is 0 Å². The van der Waals surface area contributed by atoms with Crippen molar-refractivity contribution in [2.24, 2.45) is 0 Å². The van der Waals surface area contributed by atoms with Gasteiger partial charge in [0.05, 0.1) is 11.0 Å². The van der Waals surface area contributed by atoms with Crippen molar-refractivity contribution < 1.29 is 9.72 Å². The van der Waals surface area contributed by atoms with E-state index in [1.165, 1.54) is 18.0 Å². The predicted molar refractivity (Wildman–Crippen MR) is 65.3 cm³/mol. The van der Waals surface area contributed by atoms with Crippen molar-refractivity contribution >= 4 is 23.2 Å². The molecule has 94 valence electrons. The van der Waals surface area contributed by atoms with Gasteiger partial charge in [0.2, 0.25) is 0 Å². The molecule has 0 spiro atoms. The molecule has 0 aliphatic heterocycles. The zero-order valence-corrected chi connectivity index (χ0v) is 10.5. The van der Waals surface area contributed by atoms with Crippen molar-refractivity contribution in [2.45, 2.75) is 13.0 Å². The van der Waals surface area contributed by atoms with Gasteiger partial charge in [0.25, 0.3) is 11.6 Å². The van der Waals surface area contributed by atoms with Crippen LogP contribution in [0, 0.1) is 21.4 Å². The van der Waals surface area contributed by atoms with Crippen LogP contribution in [0.4, 0.5) is 5.69 Å². The van der Waals surface area contributed by atoms with Crippen LogP contribution in [-0.4, -0.2) is 28.8 Å². The quantitative estimate of drug-likeness (QED) is 0.620. The molecule has 1 unspecified atom stereocenters. The third kappa shape index (κ3) is 2.96. The fourth-order valence-corrected chi connectivity index (χ4v) is 1.50. The zero-order chi connectivity index (χ0) is 13.9. The summed E-state index contributed by atoms with van der Waals surface area (Å²) in [5.74, 6) is -0.491. The standard InChI is InChI=1S/C11H10ClN3O3/c1-7(6-13)14(2)11(16)8-3-9(12)5-10(4-8)15(17)18/h3-5,7H,1-2H3. The number of nitrogens with zero attached hydrogens (tertiary/aromatic N) is 3. The van der Waals surface area contributed by atoms with Gasteiger partial charge in [-0.1, -0.05) is 11.6 Å². The van der Waals surface area contributed by atoms with E-state index in [0.717, 1.165) is 12.1 Å². The first-order valence-electron chi connectivity index (χ1n) is 4.98. The Labute approximate surface area is 109 Å². The molecule has 0 bridgehead atoms. The van der Waals surface area contributed by atoms with Crippen LogP contribution in [0.1, 0.15) is 17.3 Å². The molecule has 0 saturated carbocycles. The number of benzene rings is 1. The van der Waals surface area contributed by atoms with Gasteiger partial charge in [-0.05, 0) is 13.0 Å². The maximum Gasteiger partial charge on any atom is 0.271 e. The van der Waals surface area contributed by atoms with Crippen LogP contribution >= 0.6 is 11.6 Å². The van der Waals surface area contributed by atoms with Crippen molar-refractivity contribution in [1.29, 1.82) is 5.26 Å². The first-order valence-corrected chi connectivity index (χ1v) is 5.36. The molecule has 18 heavy (non-hydrogen) atoms. The molecule has 1 aromatic rings. The normalized spacial score (nSPS) is 11.4. The molecule has 1 amide bonds. The number of carbonyl (C=O) groups is 1. The molecule has 0 aliphatic rings. The van der Waals surface area contributed by atoms with Gasteiger partial charge in [0.1, 0.15) is 6.04 Å². The highest BCUT2D eigenvalue weighted by atomic mass is 35.5. The average molecular weight is 268 g/mol. The summed E-state index contributed by atoms with van der Waals surface area (Å²) in [6, 6.07) is 4.90. The van der Waals surface area contributed by atoms with Crippen molar-refractivity contribution in [2.75, 3.05) is 7.05 Å². The second kappa shape index (κ2) is 5.47. The minimum Gasteiger partial charge on any atom is -0.326 e. The highest BCUT2D eigenvalue weighted by Crippen LogP contribution is 2.22. The lowest BCUT2D eigenvalue weighted by Gasteiger charge is -2.19. The van der Waals surface area contributed by atoms with Gasteiger partial charge in [0.15, 0.2) is 0 Å². The number of non-ortho nitro benzene ring substituents is 1. The van der Waals surface area contributed by atoms with E-state index < -0.39 is 16.9 Å². The summed E-state index contributed by atoms with van der Waals surface area (Å²) in [6.45, 7) is 1.55. The monoisotopic (exact) mass is 267 g/mol. The molecule has 1 rings (SSSR count). The number of halogens is 1. The number of amides is 1. The molecule has 6 nitrogen and oxygen atoms in total. The minimum absolute atomic E-state index is 0.0822. The van der Waals surface area contributed by atoms with E-state index in [-0.39, 0.29) is 16.3 Å². The van der Waals surface area contributed by atoms with Crippen molar-refractivity contribution in [1.82, 2.24) is 4.90 Å². The van der Waals surface area contributed by atoms with Crippen LogP contribution in [0.3, 0.4) is 0 Å². The summed E-state index contributed by atoms with van der Waals surface area (Å²) in [5.41, 5.74) is -0.178. The van der Waals surface area contributed by atoms with E-state index in [9.17, 15) is 14.9 Å². The Morgan fingerprint density at radius 3 is 2.67 bits per heavy atom. The third-order valence-corrected chi connectivity index (χ3v) is 2.65. The van der Waals surface area contributed by atoms with Gasteiger partial charge >= 0.3 is 0 Å². The van der Waals surface area contributed by atoms with Crippen LogP contribution in [0.25, 0.3) is 0 Å². The van der Waals surface area contributed by atoms with E-state index in [2.05, 4.69) is 0 Å². The zero-order valence-electron chi connectivity index (χ0n) is 9.75. The molecule has 0 saturated heterocycles. The Balaban J connectivity index is 3.14. The van der Waals surface area contributed by atoms with E-state index in [1.54, 1.807) is 6.92 Å². The summed E-state index contributed by atoms with van der Waals surface area (Å²) in [4.78, 5) is 23.2.